The van der Waals surface area contributed by atoms with Gasteiger partial charge in [0.1, 0.15) is 11.5 Å². The van der Waals surface area contributed by atoms with E-state index in [9.17, 15) is 9.59 Å². The molecule has 164 valence electrons. The van der Waals surface area contributed by atoms with Crippen molar-refractivity contribution in [2.24, 2.45) is 7.05 Å². The highest BCUT2D eigenvalue weighted by atomic mass is 32.2. The first-order valence-electron chi connectivity index (χ1n) is 10.2. The molecule has 2 amide bonds. The number of thioether (sulfide) groups is 1. The second-order valence-corrected chi connectivity index (χ2v) is 9.19. The van der Waals surface area contributed by atoms with Crippen LogP contribution in [0.5, 0.6) is 0 Å². The van der Waals surface area contributed by atoms with Gasteiger partial charge in [0.05, 0.1) is 5.75 Å². The maximum Gasteiger partial charge on any atom is 0.274 e. The molecule has 4 rings (SSSR count). The lowest BCUT2D eigenvalue weighted by molar-refractivity contribution is -0.117. The summed E-state index contributed by atoms with van der Waals surface area (Å²) >= 11 is 2.97. The van der Waals surface area contributed by atoms with E-state index in [4.69, 9.17) is 0 Å². The van der Waals surface area contributed by atoms with Crippen LogP contribution in [0, 0.1) is 0 Å². The largest absolute Gasteiger partial charge is 0.347 e. The summed E-state index contributed by atoms with van der Waals surface area (Å²) in [6.07, 6.45) is 3.29. The number of carbonyl (C=O) groups excluding carboxylic acids is 2. The second-order valence-electron chi connectivity index (χ2n) is 7.21. The molecule has 1 aromatic carbocycles. The summed E-state index contributed by atoms with van der Waals surface area (Å²) in [5.74, 6) is 0.176. The standard InChI is InChI=1S/C23H23N5O2S2/c1-27-12-5-10-19(27)22(30)24-21(29)16-32-23-26-25-20(15-18-9-6-14-31-18)28(23)13-11-17-7-3-2-4-8-17/h2-10,12,14H,11,13,15-16H2,1H3,(H,24,29,30). The summed E-state index contributed by atoms with van der Waals surface area (Å²) in [5, 5.41) is 13.9. The van der Waals surface area contributed by atoms with Gasteiger partial charge in [-0.1, -0.05) is 48.2 Å². The molecular formula is C23H23N5O2S2. The molecule has 9 heteroatoms. The molecule has 4 aromatic rings. The van der Waals surface area contributed by atoms with Crippen LogP contribution >= 0.6 is 23.1 Å². The van der Waals surface area contributed by atoms with Gasteiger partial charge < -0.3 is 9.13 Å². The van der Waals surface area contributed by atoms with Gasteiger partial charge in [-0.05, 0) is 35.6 Å². The maximum absolute atomic E-state index is 12.4. The number of nitrogens with zero attached hydrogens (tertiary/aromatic N) is 4. The molecule has 0 atom stereocenters. The number of aryl methyl sites for hydroxylation is 2. The number of rotatable bonds is 9. The van der Waals surface area contributed by atoms with Crippen molar-refractivity contribution in [3.63, 3.8) is 0 Å². The smallest absolute Gasteiger partial charge is 0.274 e. The molecule has 0 saturated heterocycles. The number of nitrogens with one attached hydrogen (secondary N) is 1. The van der Waals surface area contributed by atoms with Crippen LogP contribution in [-0.2, 0) is 31.2 Å². The Bertz CT molecular complexity index is 1180. The Morgan fingerprint density at radius 2 is 1.91 bits per heavy atom. The molecule has 0 fully saturated rings. The summed E-state index contributed by atoms with van der Waals surface area (Å²) in [5.41, 5.74) is 1.66. The molecule has 3 heterocycles. The molecule has 7 nitrogen and oxygen atoms in total. The van der Waals surface area contributed by atoms with Crippen LogP contribution in [0.2, 0.25) is 0 Å². The number of carbonyl (C=O) groups is 2. The zero-order chi connectivity index (χ0) is 22.3. The first-order valence-corrected chi connectivity index (χ1v) is 12.0. The third kappa shape index (κ3) is 5.54. The number of benzene rings is 1. The number of amides is 2. The lowest BCUT2D eigenvalue weighted by atomic mass is 10.1. The van der Waals surface area contributed by atoms with E-state index in [1.807, 2.05) is 29.6 Å². The normalized spacial score (nSPS) is 10.9. The van der Waals surface area contributed by atoms with E-state index in [1.54, 1.807) is 41.3 Å². The van der Waals surface area contributed by atoms with E-state index >= 15 is 0 Å². The predicted octanol–water partition coefficient (Wildman–Crippen LogP) is 3.56. The van der Waals surface area contributed by atoms with Crippen LogP contribution in [0.4, 0.5) is 0 Å². The molecule has 0 aliphatic rings. The second kappa shape index (κ2) is 10.4. The van der Waals surface area contributed by atoms with Gasteiger partial charge in [-0.15, -0.1) is 21.5 Å². The van der Waals surface area contributed by atoms with Crippen LogP contribution in [0.15, 0.2) is 71.3 Å². The zero-order valence-corrected chi connectivity index (χ0v) is 19.2. The fraction of sp³-hybridized carbons (Fsp3) is 0.217. The molecule has 1 N–H and O–H groups in total. The third-order valence-electron chi connectivity index (χ3n) is 4.93. The minimum atomic E-state index is -0.410. The molecule has 0 radical (unpaired) electrons. The third-order valence-corrected chi connectivity index (χ3v) is 6.78. The van der Waals surface area contributed by atoms with E-state index < -0.39 is 5.91 Å². The molecule has 0 bridgehead atoms. The van der Waals surface area contributed by atoms with E-state index in [2.05, 4.69) is 38.3 Å². The quantitative estimate of drug-likeness (QED) is 0.382. The van der Waals surface area contributed by atoms with Crippen molar-refractivity contribution in [2.45, 2.75) is 24.5 Å². The summed E-state index contributed by atoms with van der Waals surface area (Å²) in [6.45, 7) is 0.712. The number of hydrogen-bond donors (Lipinski definition) is 1. The molecule has 3 aromatic heterocycles. The molecule has 0 aliphatic carbocycles. The summed E-state index contributed by atoms with van der Waals surface area (Å²) < 4.78 is 3.75. The van der Waals surface area contributed by atoms with Gasteiger partial charge in [0.2, 0.25) is 5.91 Å². The summed E-state index contributed by atoms with van der Waals surface area (Å²) in [7, 11) is 1.76. The Morgan fingerprint density at radius 1 is 1.06 bits per heavy atom. The number of hydrogen-bond acceptors (Lipinski definition) is 6. The minimum Gasteiger partial charge on any atom is -0.347 e. The van der Waals surface area contributed by atoms with Crippen LogP contribution in [0.25, 0.3) is 0 Å². The molecule has 0 spiro atoms. The van der Waals surface area contributed by atoms with E-state index in [0.29, 0.717) is 23.8 Å². The van der Waals surface area contributed by atoms with Crippen LogP contribution in [0.1, 0.15) is 26.8 Å². The monoisotopic (exact) mass is 465 g/mol. The van der Waals surface area contributed by atoms with Crippen LogP contribution in [-0.4, -0.2) is 36.9 Å². The minimum absolute atomic E-state index is 0.0820. The van der Waals surface area contributed by atoms with Crippen molar-refractivity contribution in [2.75, 3.05) is 5.75 Å². The maximum atomic E-state index is 12.4. The fourth-order valence-electron chi connectivity index (χ4n) is 3.29. The average molecular weight is 466 g/mol. The lowest BCUT2D eigenvalue weighted by Gasteiger charge is -2.10. The van der Waals surface area contributed by atoms with Gasteiger partial charge >= 0.3 is 0 Å². The van der Waals surface area contributed by atoms with Gasteiger partial charge in [-0.2, -0.15) is 0 Å². The summed E-state index contributed by atoms with van der Waals surface area (Å²) in [4.78, 5) is 25.8. The van der Waals surface area contributed by atoms with Crippen molar-refractivity contribution in [1.29, 1.82) is 0 Å². The zero-order valence-electron chi connectivity index (χ0n) is 17.6. The van der Waals surface area contributed by atoms with Crippen LogP contribution in [0.3, 0.4) is 0 Å². The van der Waals surface area contributed by atoms with Gasteiger partial charge in [-0.25, -0.2) is 0 Å². The Morgan fingerprint density at radius 3 is 2.62 bits per heavy atom. The molecule has 32 heavy (non-hydrogen) atoms. The predicted molar refractivity (Wildman–Crippen MR) is 126 cm³/mol. The Kier molecular flexibility index (Phi) is 7.18. The first kappa shape index (κ1) is 22.0. The SMILES string of the molecule is Cn1cccc1C(=O)NC(=O)CSc1nnc(Cc2cccs2)n1CCc1ccccc1. The summed E-state index contributed by atoms with van der Waals surface area (Å²) in [6, 6.07) is 17.8. The molecule has 0 unspecified atom stereocenters. The van der Waals surface area contributed by atoms with Crippen molar-refractivity contribution in [3.05, 3.63) is 88.1 Å². The van der Waals surface area contributed by atoms with Gasteiger partial charge in [-0.3, -0.25) is 14.9 Å². The van der Waals surface area contributed by atoms with E-state index in [0.717, 1.165) is 12.2 Å². The topological polar surface area (TPSA) is 81.8 Å². The highest BCUT2D eigenvalue weighted by Gasteiger charge is 2.17. The lowest BCUT2D eigenvalue weighted by Crippen LogP contribution is -2.33. The Hall–Kier alpha value is -3.17. The average Bonchev–Trinajstić information content (AvgIpc) is 3.54. The van der Waals surface area contributed by atoms with Crippen LogP contribution < -0.4 is 5.32 Å². The first-order chi connectivity index (χ1) is 15.6. The highest BCUT2D eigenvalue weighted by Crippen LogP contribution is 2.21. The van der Waals surface area contributed by atoms with Gasteiger partial charge in [0.15, 0.2) is 5.16 Å². The van der Waals surface area contributed by atoms with Crippen molar-refractivity contribution < 1.29 is 9.59 Å². The van der Waals surface area contributed by atoms with Gasteiger partial charge in [0, 0.05) is 31.1 Å². The molecular weight excluding hydrogens is 442 g/mol. The Balaban J connectivity index is 1.43. The van der Waals surface area contributed by atoms with Crippen molar-refractivity contribution in [3.8, 4) is 0 Å². The van der Waals surface area contributed by atoms with Crippen molar-refractivity contribution >= 4 is 34.9 Å². The van der Waals surface area contributed by atoms with Gasteiger partial charge in [0.25, 0.3) is 5.91 Å². The number of aromatic nitrogens is 4. The van der Waals surface area contributed by atoms with E-state index in [-0.39, 0.29) is 11.7 Å². The fourth-order valence-corrected chi connectivity index (χ4v) is 4.77. The molecule has 0 aliphatic heterocycles. The van der Waals surface area contributed by atoms with E-state index in [1.165, 1.54) is 22.2 Å². The van der Waals surface area contributed by atoms with Crippen molar-refractivity contribution in [1.82, 2.24) is 24.6 Å². The number of thiophene rings is 1. The highest BCUT2D eigenvalue weighted by molar-refractivity contribution is 7.99. The number of imide groups is 1. The Labute approximate surface area is 194 Å². The molecule has 0 saturated carbocycles.